The molecule has 1 rings (SSSR count). The maximum Gasteiger partial charge on any atom is 0.408 e. The molecular formula is C27H43N3O6. The van der Waals surface area contributed by atoms with Crippen LogP contribution in [0.15, 0.2) is 30.3 Å². The van der Waals surface area contributed by atoms with E-state index in [4.69, 9.17) is 9.47 Å². The van der Waals surface area contributed by atoms with E-state index in [0.29, 0.717) is 38.6 Å². The first-order valence-corrected chi connectivity index (χ1v) is 12.6. The van der Waals surface area contributed by atoms with Crippen molar-refractivity contribution >= 4 is 23.9 Å². The maximum atomic E-state index is 12.7. The van der Waals surface area contributed by atoms with Crippen molar-refractivity contribution < 1.29 is 28.7 Å². The molecule has 0 fully saturated rings. The van der Waals surface area contributed by atoms with Crippen molar-refractivity contribution in [1.29, 1.82) is 0 Å². The summed E-state index contributed by atoms with van der Waals surface area (Å²) in [5.41, 5.74) is 0.394. The van der Waals surface area contributed by atoms with Crippen LogP contribution >= 0.6 is 0 Å². The molecule has 1 aromatic rings. The van der Waals surface area contributed by atoms with Crippen LogP contribution in [-0.4, -0.2) is 55.2 Å². The lowest BCUT2D eigenvalue weighted by molar-refractivity contribution is -0.145. The average Bonchev–Trinajstić information content (AvgIpc) is 2.79. The molecule has 0 saturated carbocycles. The van der Waals surface area contributed by atoms with Crippen LogP contribution in [0.4, 0.5) is 4.79 Å². The SMILES string of the molecule is COC(=O)[C@H](CCCCNC(=O)[C@H](CC(C)C)NC(=O)OC(C)(C)C)NC(=O)CCc1ccccc1. The second kappa shape index (κ2) is 15.8. The maximum absolute atomic E-state index is 12.7. The number of carbonyl (C=O) groups excluding carboxylic acids is 4. The Balaban J connectivity index is 2.47. The Morgan fingerprint density at radius 1 is 0.944 bits per heavy atom. The molecule has 0 saturated heterocycles. The number of ether oxygens (including phenoxy) is 2. The summed E-state index contributed by atoms with van der Waals surface area (Å²) in [5.74, 6) is -0.798. The fraction of sp³-hybridized carbons (Fsp3) is 0.630. The van der Waals surface area contributed by atoms with Gasteiger partial charge in [-0.05, 0) is 64.4 Å². The van der Waals surface area contributed by atoms with E-state index in [-0.39, 0.29) is 24.2 Å². The molecule has 3 amide bonds. The van der Waals surface area contributed by atoms with Crippen molar-refractivity contribution in [3.8, 4) is 0 Å². The molecule has 202 valence electrons. The molecule has 0 unspecified atom stereocenters. The standard InChI is InChI=1S/C27H43N3O6/c1-19(2)18-22(30-26(34)36-27(3,4)5)24(32)28-17-11-10-14-21(25(33)35-6)29-23(31)16-15-20-12-8-7-9-13-20/h7-9,12-13,19,21-22H,10-11,14-18H2,1-6H3,(H,28,32)(H,29,31)(H,30,34)/t21-,22-/m0/s1. The van der Waals surface area contributed by atoms with Gasteiger partial charge in [-0.2, -0.15) is 0 Å². The van der Waals surface area contributed by atoms with Gasteiger partial charge in [0.2, 0.25) is 11.8 Å². The molecule has 0 aliphatic rings. The van der Waals surface area contributed by atoms with E-state index in [1.165, 1.54) is 7.11 Å². The number of methoxy groups -OCH3 is 1. The monoisotopic (exact) mass is 505 g/mol. The van der Waals surface area contributed by atoms with Crippen LogP contribution in [0.2, 0.25) is 0 Å². The highest BCUT2D eigenvalue weighted by Crippen LogP contribution is 2.10. The topological polar surface area (TPSA) is 123 Å². The van der Waals surface area contributed by atoms with E-state index >= 15 is 0 Å². The lowest BCUT2D eigenvalue weighted by Crippen LogP contribution is -2.49. The molecule has 0 aliphatic carbocycles. The van der Waals surface area contributed by atoms with Crippen LogP contribution in [0.5, 0.6) is 0 Å². The molecule has 0 spiro atoms. The molecule has 9 nitrogen and oxygen atoms in total. The third-order valence-corrected chi connectivity index (χ3v) is 5.24. The zero-order valence-electron chi connectivity index (χ0n) is 22.5. The number of nitrogens with one attached hydrogen (secondary N) is 3. The van der Waals surface area contributed by atoms with Crippen LogP contribution in [0.1, 0.15) is 72.3 Å². The minimum absolute atomic E-state index is 0.196. The van der Waals surface area contributed by atoms with Gasteiger partial charge in [0.1, 0.15) is 17.7 Å². The summed E-state index contributed by atoms with van der Waals surface area (Å²) >= 11 is 0. The fourth-order valence-corrected chi connectivity index (χ4v) is 3.52. The van der Waals surface area contributed by atoms with Crippen LogP contribution in [0.25, 0.3) is 0 Å². The summed E-state index contributed by atoms with van der Waals surface area (Å²) in [6.07, 6.45) is 2.28. The molecule has 0 aromatic heterocycles. The van der Waals surface area contributed by atoms with Gasteiger partial charge < -0.3 is 25.4 Å². The van der Waals surface area contributed by atoms with Gasteiger partial charge in [-0.15, -0.1) is 0 Å². The number of rotatable bonds is 14. The van der Waals surface area contributed by atoms with Crippen LogP contribution in [0, 0.1) is 5.92 Å². The summed E-state index contributed by atoms with van der Waals surface area (Å²) in [6.45, 7) is 9.60. The first-order chi connectivity index (χ1) is 16.9. The largest absolute Gasteiger partial charge is 0.467 e. The molecule has 0 bridgehead atoms. The molecule has 2 atom stereocenters. The van der Waals surface area contributed by atoms with E-state index in [9.17, 15) is 19.2 Å². The third kappa shape index (κ3) is 13.7. The Bertz CT molecular complexity index is 836. The molecule has 9 heteroatoms. The summed E-state index contributed by atoms with van der Waals surface area (Å²) in [5, 5.41) is 8.24. The Morgan fingerprint density at radius 3 is 2.19 bits per heavy atom. The van der Waals surface area contributed by atoms with Gasteiger partial charge in [-0.1, -0.05) is 44.2 Å². The molecular weight excluding hydrogens is 462 g/mol. The second-order valence-electron chi connectivity index (χ2n) is 10.2. The summed E-state index contributed by atoms with van der Waals surface area (Å²) in [7, 11) is 1.29. The van der Waals surface area contributed by atoms with Crippen molar-refractivity contribution in [2.24, 2.45) is 5.92 Å². The van der Waals surface area contributed by atoms with Gasteiger partial charge in [0.25, 0.3) is 0 Å². The Kier molecular flexibility index (Phi) is 13.6. The number of carbonyl (C=O) groups is 4. The van der Waals surface area contributed by atoms with Crippen molar-refractivity contribution in [2.45, 2.75) is 90.8 Å². The Hall–Kier alpha value is -3.10. The highest BCUT2D eigenvalue weighted by molar-refractivity contribution is 5.86. The van der Waals surface area contributed by atoms with E-state index < -0.39 is 29.7 Å². The van der Waals surface area contributed by atoms with E-state index in [2.05, 4.69) is 16.0 Å². The second-order valence-corrected chi connectivity index (χ2v) is 10.2. The zero-order valence-corrected chi connectivity index (χ0v) is 22.5. The van der Waals surface area contributed by atoms with Gasteiger partial charge >= 0.3 is 12.1 Å². The van der Waals surface area contributed by atoms with Crippen LogP contribution in [0.3, 0.4) is 0 Å². The average molecular weight is 506 g/mol. The smallest absolute Gasteiger partial charge is 0.408 e. The number of benzene rings is 1. The number of unbranched alkanes of at least 4 members (excludes halogenated alkanes) is 1. The molecule has 1 aromatic carbocycles. The van der Waals surface area contributed by atoms with Crippen molar-refractivity contribution in [1.82, 2.24) is 16.0 Å². The van der Waals surface area contributed by atoms with Crippen LogP contribution < -0.4 is 16.0 Å². The first kappa shape index (κ1) is 30.9. The highest BCUT2D eigenvalue weighted by atomic mass is 16.6. The number of aryl methyl sites for hydroxylation is 1. The number of hydrogen-bond donors (Lipinski definition) is 3. The molecule has 3 N–H and O–H groups in total. The molecule has 36 heavy (non-hydrogen) atoms. The number of amides is 3. The quantitative estimate of drug-likeness (QED) is 0.263. The normalized spacial score (nSPS) is 12.9. The minimum atomic E-state index is -0.739. The Labute approximate surface area is 215 Å². The molecule has 0 radical (unpaired) electrons. The Morgan fingerprint density at radius 2 is 1.61 bits per heavy atom. The van der Waals surface area contributed by atoms with E-state index in [0.717, 1.165) is 5.56 Å². The van der Waals surface area contributed by atoms with Crippen molar-refractivity contribution in [2.75, 3.05) is 13.7 Å². The zero-order chi connectivity index (χ0) is 27.1. The predicted octanol–water partition coefficient (Wildman–Crippen LogP) is 3.50. The molecule has 0 aliphatic heterocycles. The lowest BCUT2D eigenvalue weighted by atomic mass is 10.0. The lowest BCUT2D eigenvalue weighted by Gasteiger charge is -2.24. The van der Waals surface area contributed by atoms with Gasteiger partial charge in [0, 0.05) is 13.0 Å². The predicted molar refractivity (Wildman–Crippen MR) is 138 cm³/mol. The van der Waals surface area contributed by atoms with Gasteiger partial charge in [0.15, 0.2) is 0 Å². The van der Waals surface area contributed by atoms with Crippen molar-refractivity contribution in [3.05, 3.63) is 35.9 Å². The van der Waals surface area contributed by atoms with Gasteiger partial charge in [-0.3, -0.25) is 9.59 Å². The highest BCUT2D eigenvalue weighted by Gasteiger charge is 2.25. The summed E-state index contributed by atoms with van der Waals surface area (Å²) in [6, 6.07) is 8.22. The van der Waals surface area contributed by atoms with E-state index in [1.807, 2.05) is 44.2 Å². The van der Waals surface area contributed by atoms with Gasteiger partial charge in [0.05, 0.1) is 7.11 Å². The third-order valence-electron chi connectivity index (χ3n) is 5.24. The first-order valence-electron chi connectivity index (χ1n) is 12.6. The fourth-order valence-electron chi connectivity index (χ4n) is 3.52. The van der Waals surface area contributed by atoms with Gasteiger partial charge in [-0.25, -0.2) is 9.59 Å². The number of esters is 1. The minimum Gasteiger partial charge on any atom is -0.467 e. The molecule has 0 heterocycles. The number of alkyl carbamates (subject to hydrolysis) is 1. The summed E-state index contributed by atoms with van der Waals surface area (Å²) < 4.78 is 10.1. The van der Waals surface area contributed by atoms with Crippen molar-refractivity contribution in [3.63, 3.8) is 0 Å². The van der Waals surface area contributed by atoms with Crippen LogP contribution in [-0.2, 0) is 30.3 Å². The summed E-state index contributed by atoms with van der Waals surface area (Å²) in [4.78, 5) is 49.2. The van der Waals surface area contributed by atoms with E-state index in [1.54, 1.807) is 20.8 Å². The number of hydrogen-bond acceptors (Lipinski definition) is 6.